The first-order valence-electron chi connectivity index (χ1n) is 9.98. The van der Waals surface area contributed by atoms with Gasteiger partial charge in [0.1, 0.15) is 0 Å². The molecule has 2 amide bonds. The molecular weight excluding hydrogens is 440 g/mol. The fraction of sp³-hybridized carbons (Fsp3) is 0.0417. The van der Waals surface area contributed by atoms with Gasteiger partial charge in [0.15, 0.2) is 0 Å². The quantitative estimate of drug-likeness (QED) is 0.338. The second kappa shape index (κ2) is 9.09. The highest BCUT2D eigenvalue weighted by Gasteiger charge is 2.21. The molecule has 1 aromatic heterocycles. The number of anilines is 1. The van der Waals surface area contributed by atoms with Crippen molar-refractivity contribution in [2.75, 3.05) is 5.32 Å². The van der Waals surface area contributed by atoms with E-state index in [2.05, 4.69) is 15.8 Å². The fourth-order valence-corrected chi connectivity index (χ4v) is 4.70. The second-order valence-electron chi connectivity index (χ2n) is 7.17. The number of nitrogens with one attached hydrogen (secondary N) is 2. The van der Waals surface area contributed by atoms with Crippen molar-refractivity contribution in [3.05, 3.63) is 96.2 Å². The molecule has 0 saturated carbocycles. The molecule has 0 unspecified atom stereocenters. The van der Waals surface area contributed by atoms with Gasteiger partial charge in [-0.25, -0.2) is 17.8 Å². The van der Waals surface area contributed by atoms with E-state index in [0.717, 1.165) is 0 Å². The summed E-state index contributed by atoms with van der Waals surface area (Å²) in [6, 6.07) is 21.6. The predicted octanol–water partition coefficient (Wildman–Crippen LogP) is 3.60. The molecule has 0 aliphatic rings. The summed E-state index contributed by atoms with van der Waals surface area (Å²) in [5.74, 6) is -0.618. The molecular formula is C24H20N4O4S. The number of hydrogen-bond acceptors (Lipinski definition) is 5. The van der Waals surface area contributed by atoms with Crippen LogP contribution in [-0.2, 0) is 14.8 Å². The van der Waals surface area contributed by atoms with E-state index < -0.39 is 10.0 Å². The number of hydrogen-bond donors (Lipinski definition) is 2. The fourth-order valence-electron chi connectivity index (χ4n) is 3.32. The van der Waals surface area contributed by atoms with Crippen molar-refractivity contribution in [3.8, 4) is 0 Å². The third-order valence-electron chi connectivity index (χ3n) is 4.85. The molecule has 4 aromatic rings. The van der Waals surface area contributed by atoms with E-state index in [4.69, 9.17) is 0 Å². The molecule has 0 spiro atoms. The number of aromatic nitrogens is 1. The summed E-state index contributed by atoms with van der Waals surface area (Å²) in [5, 5.41) is 7.27. The lowest BCUT2D eigenvalue weighted by atomic mass is 10.2. The maximum Gasteiger partial charge on any atom is 0.271 e. The number of benzene rings is 3. The first-order valence-corrected chi connectivity index (χ1v) is 11.4. The molecule has 8 nitrogen and oxygen atoms in total. The van der Waals surface area contributed by atoms with Gasteiger partial charge < -0.3 is 5.32 Å². The van der Waals surface area contributed by atoms with E-state index in [-0.39, 0.29) is 16.7 Å². The number of amides is 2. The van der Waals surface area contributed by atoms with Gasteiger partial charge in [0.25, 0.3) is 15.9 Å². The van der Waals surface area contributed by atoms with E-state index in [1.165, 1.54) is 47.6 Å². The molecule has 1 heterocycles. The van der Waals surface area contributed by atoms with Crippen molar-refractivity contribution in [1.82, 2.24) is 9.40 Å². The Kier molecular flexibility index (Phi) is 6.05. The Hall–Kier alpha value is -4.24. The molecule has 3 aromatic carbocycles. The van der Waals surface area contributed by atoms with E-state index in [1.807, 2.05) is 6.07 Å². The van der Waals surface area contributed by atoms with Gasteiger partial charge in [-0.2, -0.15) is 5.10 Å². The van der Waals surface area contributed by atoms with Gasteiger partial charge in [0.05, 0.1) is 16.6 Å². The highest BCUT2D eigenvalue weighted by Crippen LogP contribution is 2.26. The van der Waals surface area contributed by atoms with Crippen molar-refractivity contribution >= 4 is 44.6 Å². The number of rotatable bonds is 6. The smallest absolute Gasteiger partial charge is 0.271 e. The predicted molar refractivity (Wildman–Crippen MR) is 127 cm³/mol. The number of carbonyl (C=O) groups is 2. The molecule has 0 fully saturated rings. The van der Waals surface area contributed by atoms with E-state index in [1.54, 1.807) is 48.5 Å². The number of hydrazone groups is 1. The molecule has 9 heteroatoms. The largest absolute Gasteiger partial charge is 0.326 e. The minimum atomic E-state index is -3.92. The minimum absolute atomic E-state index is 0.0678. The molecule has 0 radical (unpaired) electrons. The van der Waals surface area contributed by atoms with Crippen LogP contribution in [0.4, 0.5) is 5.69 Å². The zero-order valence-corrected chi connectivity index (χ0v) is 18.4. The number of para-hydroxylation sites is 1. The third-order valence-corrected chi connectivity index (χ3v) is 6.53. The van der Waals surface area contributed by atoms with Crippen LogP contribution in [0.25, 0.3) is 10.9 Å². The number of carbonyl (C=O) groups excluding carboxylic acids is 2. The van der Waals surface area contributed by atoms with Gasteiger partial charge in [0, 0.05) is 35.3 Å². The molecule has 0 aliphatic heterocycles. The first-order chi connectivity index (χ1) is 15.9. The van der Waals surface area contributed by atoms with Gasteiger partial charge in [-0.05, 0) is 42.5 Å². The molecule has 0 bridgehead atoms. The van der Waals surface area contributed by atoms with Crippen molar-refractivity contribution in [1.29, 1.82) is 0 Å². The lowest BCUT2D eigenvalue weighted by molar-refractivity contribution is -0.114. The Morgan fingerprint density at radius 1 is 0.909 bits per heavy atom. The molecule has 0 aliphatic carbocycles. The zero-order valence-electron chi connectivity index (χ0n) is 17.6. The van der Waals surface area contributed by atoms with Crippen LogP contribution in [0, 0.1) is 0 Å². The lowest BCUT2D eigenvalue weighted by Crippen LogP contribution is -2.17. The summed E-state index contributed by atoms with van der Waals surface area (Å²) in [6.45, 7) is 1.38. The van der Waals surface area contributed by atoms with Gasteiger partial charge in [0.2, 0.25) is 5.91 Å². The second-order valence-corrected chi connectivity index (χ2v) is 8.99. The van der Waals surface area contributed by atoms with Gasteiger partial charge in [-0.3, -0.25) is 9.59 Å². The summed E-state index contributed by atoms with van der Waals surface area (Å²) >= 11 is 0. The highest BCUT2D eigenvalue weighted by molar-refractivity contribution is 7.90. The Bertz CT molecular complexity index is 1460. The van der Waals surface area contributed by atoms with E-state index >= 15 is 0 Å². The Balaban J connectivity index is 1.65. The Labute approximate surface area is 190 Å². The van der Waals surface area contributed by atoms with Gasteiger partial charge >= 0.3 is 0 Å². The summed E-state index contributed by atoms with van der Waals surface area (Å²) in [4.78, 5) is 23.5. The first kappa shape index (κ1) is 22.0. The van der Waals surface area contributed by atoms with E-state index in [0.29, 0.717) is 27.7 Å². The Morgan fingerprint density at radius 3 is 2.27 bits per heavy atom. The van der Waals surface area contributed by atoms with Crippen LogP contribution in [-0.4, -0.2) is 30.4 Å². The summed E-state index contributed by atoms with van der Waals surface area (Å²) < 4.78 is 27.8. The van der Waals surface area contributed by atoms with Crippen molar-refractivity contribution in [2.24, 2.45) is 5.10 Å². The summed E-state index contributed by atoms with van der Waals surface area (Å²) in [6.07, 6.45) is 2.87. The van der Waals surface area contributed by atoms with Crippen molar-refractivity contribution in [3.63, 3.8) is 0 Å². The average Bonchev–Trinajstić information content (AvgIpc) is 3.19. The maximum absolute atomic E-state index is 13.3. The molecule has 0 saturated heterocycles. The molecule has 4 rings (SSSR count). The third kappa shape index (κ3) is 4.68. The Morgan fingerprint density at radius 2 is 1.58 bits per heavy atom. The molecule has 2 N–H and O–H groups in total. The molecule has 166 valence electrons. The van der Waals surface area contributed by atoms with Crippen LogP contribution in [0.15, 0.2) is 95.1 Å². The van der Waals surface area contributed by atoms with Crippen LogP contribution in [0.2, 0.25) is 0 Å². The summed E-state index contributed by atoms with van der Waals surface area (Å²) in [5.41, 5.74) is 4.41. The molecule has 33 heavy (non-hydrogen) atoms. The van der Waals surface area contributed by atoms with Crippen LogP contribution in [0.1, 0.15) is 22.8 Å². The SMILES string of the molecule is CC(=O)Nc1ccc(S(=O)(=O)n2cc(/C=N/NC(=O)c3ccccc3)c3ccccc32)cc1. The zero-order chi connectivity index (χ0) is 23.4. The topological polar surface area (TPSA) is 110 Å². The standard InChI is InChI=1S/C24H20N4O4S/c1-17(29)26-20-11-13-21(14-12-20)33(31,32)28-16-19(22-9-5-6-10-23(22)28)15-25-27-24(30)18-7-3-2-4-8-18/h2-16H,1H3,(H,26,29)(H,27,30)/b25-15+. The number of nitrogens with zero attached hydrogens (tertiary/aromatic N) is 2. The van der Waals surface area contributed by atoms with Crippen LogP contribution >= 0.6 is 0 Å². The summed E-state index contributed by atoms with van der Waals surface area (Å²) in [7, 11) is -3.92. The van der Waals surface area contributed by atoms with Gasteiger partial charge in [-0.1, -0.05) is 36.4 Å². The molecule has 0 atom stereocenters. The monoisotopic (exact) mass is 460 g/mol. The highest BCUT2D eigenvalue weighted by atomic mass is 32.2. The van der Waals surface area contributed by atoms with E-state index in [9.17, 15) is 18.0 Å². The van der Waals surface area contributed by atoms with Crippen molar-refractivity contribution in [2.45, 2.75) is 11.8 Å². The maximum atomic E-state index is 13.3. The minimum Gasteiger partial charge on any atom is -0.326 e. The van der Waals surface area contributed by atoms with Gasteiger partial charge in [-0.15, -0.1) is 0 Å². The number of fused-ring (bicyclic) bond motifs is 1. The van der Waals surface area contributed by atoms with Crippen LogP contribution in [0.3, 0.4) is 0 Å². The van der Waals surface area contributed by atoms with Crippen LogP contribution < -0.4 is 10.7 Å². The average molecular weight is 461 g/mol. The van der Waals surface area contributed by atoms with Crippen molar-refractivity contribution < 1.29 is 18.0 Å². The van der Waals surface area contributed by atoms with Crippen LogP contribution in [0.5, 0.6) is 0 Å². The lowest BCUT2D eigenvalue weighted by Gasteiger charge is -2.08. The normalized spacial score (nSPS) is 11.5.